The van der Waals surface area contributed by atoms with Crippen molar-refractivity contribution >= 4 is 12.0 Å². The number of carbonyl (C=O) groups excluding carboxylic acids is 1. The summed E-state index contributed by atoms with van der Waals surface area (Å²) in [6.45, 7) is 0.382. The second kappa shape index (κ2) is 8.39. The first kappa shape index (κ1) is 18.4. The van der Waals surface area contributed by atoms with Gasteiger partial charge >= 0.3 is 0 Å². The van der Waals surface area contributed by atoms with Gasteiger partial charge in [0, 0.05) is 48.8 Å². The van der Waals surface area contributed by atoms with Gasteiger partial charge < -0.3 is 5.32 Å². The van der Waals surface area contributed by atoms with Crippen LogP contribution in [0.15, 0.2) is 85.3 Å². The third kappa shape index (κ3) is 4.50. The smallest absolute Gasteiger partial charge is 0.244 e. The fraction of sp³-hybridized carbons (Fsp3) is 0.0870. The molecule has 0 aliphatic rings. The first-order valence-corrected chi connectivity index (χ1v) is 9.33. The lowest BCUT2D eigenvalue weighted by molar-refractivity contribution is -0.116. The van der Waals surface area contributed by atoms with Crippen molar-refractivity contribution < 1.29 is 4.79 Å². The number of nitrogens with zero attached hydrogens (tertiary/aromatic N) is 4. The van der Waals surface area contributed by atoms with E-state index in [0.717, 1.165) is 28.1 Å². The van der Waals surface area contributed by atoms with Crippen LogP contribution in [0.1, 0.15) is 11.1 Å². The minimum atomic E-state index is -0.166. The summed E-state index contributed by atoms with van der Waals surface area (Å²) in [5, 5.41) is 11.8. The lowest BCUT2D eigenvalue weighted by atomic mass is 10.1. The largest absolute Gasteiger partial charge is 0.348 e. The zero-order chi connectivity index (χ0) is 20.1. The number of amides is 1. The van der Waals surface area contributed by atoms with Crippen molar-refractivity contribution in [3.05, 3.63) is 96.5 Å². The van der Waals surface area contributed by atoms with Crippen molar-refractivity contribution in [1.29, 1.82) is 0 Å². The van der Waals surface area contributed by atoms with Crippen molar-refractivity contribution in [2.24, 2.45) is 7.05 Å². The van der Waals surface area contributed by atoms with Crippen molar-refractivity contribution in [3.63, 3.8) is 0 Å². The molecule has 2 heterocycles. The van der Waals surface area contributed by atoms with Crippen LogP contribution in [0, 0.1) is 0 Å². The zero-order valence-corrected chi connectivity index (χ0v) is 16.1. The second-order valence-electron chi connectivity index (χ2n) is 6.65. The molecule has 0 fully saturated rings. The molecule has 4 rings (SSSR count). The molecule has 6 nitrogen and oxygen atoms in total. The Morgan fingerprint density at radius 3 is 2.45 bits per heavy atom. The molecule has 2 aromatic heterocycles. The molecule has 1 N–H and O–H groups in total. The van der Waals surface area contributed by atoms with Gasteiger partial charge in [-0.3, -0.25) is 9.48 Å². The molecule has 1 amide bonds. The SMILES string of the molecule is Cn1cc(/C=C/C(=O)NCc2cn(-c3ccccc3)nc2-c2ccccc2)cn1. The molecule has 0 spiro atoms. The summed E-state index contributed by atoms with van der Waals surface area (Å²) in [6, 6.07) is 19.9. The van der Waals surface area contributed by atoms with Crippen LogP contribution in [-0.4, -0.2) is 25.5 Å². The van der Waals surface area contributed by atoms with Gasteiger partial charge in [0.25, 0.3) is 0 Å². The highest BCUT2D eigenvalue weighted by molar-refractivity contribution is 5.91. The molecule has 0 unspecified atom stereocenters. The van der Waals surface area contributed by atoms with E-state index in [9.17, 15) is 4.79 Å². The monoisotopic (exact) mass is 383 g/mol. The lowest BCUT2D eigenvalue weighted by Crippen LogP contribution is -2.20. The van der Waals surface area contributed by atoms with Gasteiger partial charge in [-0.25, -0.2) is 4.68 Å². The first-order chi connectivity index (χ1) is 14.2. The summed E-state index contributed by atoms with van der Waals surface area (Å²) >= 11 is 0. The van der Waals surface area contributed by atoms with Crippen LogP contribution >= 0.6 is 0 Å². The fourth-order valence-electron chi connectivity index (χ4n) is 3.03. The average Bonchev–Trinajstić information content (AvgIpc) is 3.38. The molecule has 4 aromatic rings. The summed E-state index contributed by atoms with van der Waals surface area (Å²) in [5.74, 6) is -0.166. The Hall–Kier alpha value is -3.93. The molecule has 144 valence electrons. The van der Waals surface area contributed by atoms with Crippen LogP contribution in [0.3, 0.4) is 0 Å². The summed E-state index contributed by atoms with van der Waals surface area (Å²) < 4.78 is 3.54. The maximum atomic E-state index is 12.3. The predicted molar refractivity (Wildman–Crippen MR) is 113 cm³/mol. The molecule has 0 bridgehead atoms. The van der Waals surface area contributed by atoms with Gasteiger partial charge in [-0.15, -0.1) is 0 Å². The number of benzene rings is 2. The van der Waals surface area contributed by atoms with Crippen molar-refractivity contribution in [1.82, 2.24) is 24.9 Å². The van der Waals surface area contributed by atoms with E-state index in [2.05, 4.69) is 10.4 Å². The molecule has 29 heavy (non-hydrogen) atoms. The van der Waals surface area contributed by atoms with Crippen molar-refractivity contribution in [3.8, 4) is 16.9 Å². The van der Waals surface area contributed by atoms with Gasteiger partial charge in [-0.1, -0.05) is 48.5 Å². The Kier molecular flexibility index (Phi) is 5.33. The summed E-state index contributed by atoms with van der Waals surface area (Å²) in [7, 11) is 1.84. The van der Waals surface area contributed by atoms with Crippen LogP contribution < -0.4 is 5.32 Å². The van der Waals surface area contributed by atoms with E-state index >= 15 is 0 Å². The average molecular weight is 383 g/mol. The topological polar surface area (TPSA) is 64.7 Å². The van der Waals surface area contributed by atoms with Crippen LogP contribution in [0.5, 0.6) is 0 Å². The number of nitrogens with one attached hydrogen (secondary N) is 1. The number of rotatable bonds is 6. The van der Waals surface area contributed by atoms with E-state index in [1.165, 1.54) is 6.08 Å². The highest BCUT2D eigenvalue weighted by Gasteiger charge is 2.12. The van der Waals surface area contributed by atoms with Gasteiger partial charge in [0.15, 0.2) is 0 Å². The van der Waals surface area contributed by atoms with Crippen LogP contribution in [0.4, 0.5) is 0 Å². The minimum absolute atomic E-state index is 0.166. The maximum Gasteiger partial charge on any atom is 0.244 e. The molecule has 0 radical (unpaired) electrons. The highest BCUT2D eigenvalue weighted by Crippen LogP contribution is 2.23. The number of hydrogen-bond donors (Lipinski definition) is 1. The normalized spacial score (nSPS) is 11.1. The molecule has 0 aliphatic carbocycles. The lowest BCUT2D eigenvalue weighted by Gasteiger charge is -2.03. The Labute approximate surface area is 169 Å². The molecular weight excluding hydrogens is 362 g/mol. The number of hydrogen-bond acceptors (Lipinski definition) is 3. The fourth-order valence-corrected chi connectivity index (χ4v) is 3.03. The Morgan fingerprint density at radius 2 is 1.76 bits per heavy atom. The third-order valence-electron chi connectivity index (χ3n) is 4.46. The van der Waals surface area contributed by atoms with E-state index in [4.69, 9.17) is 5.10 Å². The van der Waals surface area contributed by atoms with Gasteiger partial charge in [0.1, 0.15) is 0 Å². The van der Waals surface area contributed by atoms with Gasteiger partial charge in [-0.05, 0) is 18.2 Å². The second-order valence-corrected chi connectivity index (χ2v) is 6.65. The molecule has 0 atom stereocenters. The van der Waals surface area contributed by atoms with Gasteiger partial charge in [0.2, 0.25) is 5.91 Å². The quantitative estimate of drug-likeness (QED) is 0.518. The van der Waals surface area contributed by atoms with Crippen molar-refractivity contribution in [2.75, 3.05) is 0 Å². The van der Waals surface area contributed by atoms with E-state index < -0.39 is 0 Å². The van der Waals surface area contributed by atoms with E-state index in [0.29, 0.717) is 6.54 Å². The Balaban J connectivity index is 1.54. The molecule has 2 aromatic carbocycles. The van der Waals surface area contributed by atoms with Crippen LogP contribution in [0.2, 0.25) is 0 Å². The molecular formula is C23H21N5O. The van der Waals surface area contributed by atoms with Crippen molar-refractivity contribution in [2.45, 2.75) is 6.54 Å². The minimum Gasteiger partial charge on any atom is -0.348 e. The van der Waals surface area contributed by atoms with E-state index in [1.807, 2.05) is 84.8 Å². The number of aromatic nitrogens is 4. The summed E-state index contributed by atoms with van der Waals surface area (Å²) in [6.07, 6.45) is 8.78. The van der Waals surface area contributed by atoms with Gasteiger partial charge in [-0.2, -0.15) is 10.2 Å². The predicted octanol–water partition coefficient (Wildman–Crippen LogP) is 3.60. The summed E-state index contributed by atoms with van der Waals surface area (Å²) in [5.41, 5.74) is 4.66. The van der Waals surface area contributed by atoms with Crippen LogP contribution in [-0.2, 0) is 18.4 Å². The molecule has 0 saturated heterocycles. The van der Waals surface area contributed by atoms with Gasteiger partial charge in [0.05, 0.1) is 17.6 Å². The first-order valence-electron chi connectivity index (χ1n) is 9.33. The molecule has 6 heteroatoms. The van der Waals surface area contributed by atoms with E-state index in [1.54, 1.807) is 17.0 Å². The molecule has 0 aliphatic heterocycles. The zero-order valence-electron chi connectivity index (χ0n) is 16.1. The summed E-state index contributed by atoms with van der Waals surface area (Å²) in [4.78, 5) is 12.3. The number of para-hydroxylation sites is 1. The molecule has 0 saturated carbocycles. The number of aryl methyl sites for hydroxylation is 1. The highest BCUT2D eigenvalue weighted by atomic mass is 16.1. The maximum absolute atomic E-state index is 12.3. The standard InChI is InChI=1S/C23H21N5O/c1-27-16-18(14-25-27)12-13-22(29)24-15-20-17-28(21-10-6-3-7-11-21)26-23(20)19-8-4-2-5-9-19/h2-14,16-17H,15H2,1H3,(H,24,29)/b13-12+. The Bertz CT molecular complexity index is 1130. The Morgan fingerprint density at radius 1 is 1.03 bits per heavy atom. The van der Waals surface area contributed by atoms with Crippen LogP contribution in [0.25, 0.3) is 23.0 Å². The number of carbonyl (C=O) groups is 1. The van der Waals surface area contributed by atoms with E-state index in [-0.39, 0.29) is 5.91 Å². The third-order valence-corrected chi connectivity index (χ3v) is 4.46.